The van der Waals surface area contributed by atoms with E-state index in [1.807, 2.05) is 0 Å². The monoisotopic (exact) mass is 174 g/mol. The molecule has 1 rings (SSSR count). The van der Waals surface area contributed by atoms with Gasteiger partial charge in [0.2, 0.25) is 0 Å². The largest absolute Gasteiger partial charge is 0.103 e. The van der Waals surface area contributed by atoms with Crippen LogP contribution in [0.4, 0.5) is 0 Å². The van der Waals surface area contributed by atoms with E-state index in [-0.39, 0.29) is 0 Å². The summed E-state index contributed by atoms with van der Waals surface area (Å²) >= 11 is 0. The number of rotatable bonds is 4. The molecule has 0 heteroatoms. The quantitative estimate of drug-likeness (QED) is 0.564. The van der Waals surface area contributed by atoms with Gasteiger partial charge in [0.05, 0.1) is 0 Å². The van der Waals surface area contributed by atoms with Crippen molar-refractivity contribution in [2.75, 3.05) is 0 Å². The molecule has 0 saturated carbocycles. The molecule has 70 valence electrons. The van der Waals surface area contributed by atoms with E-state index in [0.717, 1.165) is 12.8 Å². The van der Waals surface area contributed by atoms with E-state index in [9.17, 15) is 0 Å². The Hall–Kier alpha value is -1.04. The molecule has 1 atom stereocenters. The molecule has 0 nitrogen and oxygen atoms in total. The summed E-state index contributed by atoms with van der Waals surface area (Å²) in [5.41, 5.74) is 1.43. The van der Waals surface area contributed by atoms with Crippen molar-refractivity contribution < 1.29 is 0 Å². The molecular formula is C13H18. The third kappa shape index (κ3) is 3.45. The van der Waals surface area contributed by atoms with Gasteiger partial charge in [0, 0.05) is 0 Å². The van der Waals surface area contributed by atoms with Crippen LogP contribution >= 0.6 is 0 Å². The maximum absolute atomic E-state index is 3.83. The summed E-state index contributed by atoms with van der Waals surface area (Å²) in [6, 6.07) is 0. The summed E-state index contributed by atoms with van der Waals surface area (Å²) in [6.07, 6.45) is 16.4. The Balaban J connectivity index is 2.42. The predicted molar refractivity (Wildman–Crippen MR) is 59.6 cm³/mol. The molecule has 0 aliphatic heterocycles. The topological polar surface area (TPSA) is 0 Å². The van der Waals surface area contributed by atoms with Crippen molar-refractivity contribution in [2.24, 2.45) is 5.92 Å². The fourth-order valence-electron chi connectivity index (χ4n) is 1.41. The summed E-state index contributed by atoms with van der Waals surface area (Å²) in [7, 11) is 0. The van der Waals surface area contributed by atoms with Gasteiger partial charge in [-0.15, -0.1) is 6.58 Å². The molecule has 0 aromatic rings. The molecule has 0 radical (unpaired) electrons. The Morgan fingerprint density at radius 3 is 2.92 bits per heavy atom. The van der Waals surface area contributed by atoms with Gasteiger partial charge in [0.1, 0.15) is 0 Å². The third-order valence-electron chi connectivity index (χ3n) is 2.45. The summed E-state index contributed by atoms with van der Waals surface area (Å²) in [5, 5.41) is 0. The van der Waals surface area contributed by atoms with Crippen LogP contribution in [0.3, 0.4) is 0 Å². The van der Waals surface area contributed by atoms with Crippen molar-refractivity contribution in [1.82, 2.24) is 0 Å². The van der Waals surface area contributed by atoms with Crippen LogP contribution in [0.1, 0.15) is 26.2 Å². The molecule has 0 aromatic carbocycles. The lowest BCUT2D eigenvalue weighted by Gasteiger charge is -2.07. The first kappa shape index (κ1) is 10.0. The van der Waals surface area contributed by atoms with Gasteiger partial charge in [-0.2, -0.15) is 0 Å². The Bertz CT molecular complexity index is 241. The molecule has 0 spiro atoms. The Morgan fingerprint density at radius 2 is 2.38 bits per heavy atom. The second-order valence-electron chi connectivity index (χ2n) is 3.41. The average Bonchev–Trinajstić information content (AvgIpc) is 2.21. The van der Waals surface area contributed by atoms with Crippen LogP contribution in [0.2, 0.25) is 0 Å². The lowest BCUT2D eigenvalue weighted by molar-refractivity contribution is 0.638. The normalized spacial score (nSPS) is 20.5. The zero-order valence-electron chi connectivity index (χ0n) is 8.37. The maximum atomic E-state index is 3.83. The highest BCUT2D eigenvalue weighted by molar-refractivity contribution is 5.29. The molecule has 0 aromatic heterocycles. The summed E-state index contributed by atoms with van der Waals surface area (Å²) in [6.45, 7) is 6.04. The van der Waals surface area contributed by atoms with Crippen LogP contribution in [0.25, 0.3) is 0 Å². The standard InChI is InChI=1S/C13H18/c1-3-12(4-2)10-11-13-8-6-5-7-9-13/h3,5-8,11-12H,1,4,9-10H2,2H3. The molecule has 1 aliphatic rings. The zero-order chi connectivity index (χ0) is 9.52. The number of hydrogen-bond acceptors (Lipinski definition) is 0. The van der Waals surface area contributed by atoms with Crippen LogP contribution in [0.15, 0.2) is 48.6 Å². The van der Waals surface area contributed by atoms with E-state index >= 15 is 0 Å². The van der Waals surface area contributed by atoms with E-state index in [0.29, 0.717) is 5.92 Å². The van der Waals surface area contributed by atoms with Crippen LogP contribution in [0, 0.1) is 5.92 Å². The van der Waals surface area contributed by atoms with Gasteiger partial charge in [-0.3, -0.25) is 0 Å². The van der Waals surface area contributed by atoms with Gasteiger partial charge in [-0.25, -0.2) is 0 Å². The van der Waals surface area contributed by atoms with Crippen molar-refractivity contribution >= 4 is 0 Å². The number of allylic oxidation sites excluding steroid dienone is 7. The minimum Gasteiger partial charge on any atom is -0.103 e. The summed E-state index contributed by atoms with van der Waals surface area (Å²) in [4.78, 5) is 0. The maximum Gasteiger partial charge on any atom is -0.00975 e. The molecule has 1 unspecified atom stereocenters. The first-order valence-electron chi connectivity index (χ1n) is 5.01. The Kier molecular flexibility index (Phi) is 4.31. The highest BCUT2D eigenvalue weighted by Crippen LogP contribution is 2.15. The fourth-order valence-corrected chi connectivity index (χ4v) is 1.41. The molecule has 0 amide bonds. The van der Waals surface area contributed by atoms with Crippen molar-refractivity contribution in [3.63, 3.8) is 0 Å². The first-order chi connectivity index (χ1) is 6.36. The molecule has 0 saturated heterocycles. The molecule has 0 heterocycles. The average molecular weight is 174 g/mol. The van der Waals surface area contributed by atoms with Crippen LogP contribution in [-0.2, 0) is 0 Å². The molecule has 1 aliphatic carbocycles. The van der Waals surface area contributed by atoms with Gasteiger partial charge in [-0.05, 0) is 30.8 Å². The van der Waals surface area contributed by atoms with Gasteiger partial charge >= 0.3 is 0 Å². The van der Waals surface area contributed by atoms with Crippen molar-refractivity contribution in [3.8, 4) is 0 Å². The van der Waals surface area contributed by atoms with Crippen molar-refractivity contribution in [3.05, 3.63) is 48.6 Å². The van der Waals surface area contributed by atoms with E-state index in [2.05, 4.69) is 50.0 Å². The van der Waals surface area contributed by atoms with Gasteiger partial charge in [-0.1, -0.05) is 43.4 Å². The lowest BCUT2D eigenvalue weighted by Crippen LogP contribution is -1.92. The molecule has 0 fully saturated rings. The van der Waals surface area contributed by atoms with E-state index < -0.39 is 0 Å². The summed E-state index contributed by atoms with van der Waals surface area (Å²) < 4.78 is 0. The van der Waals surface area contributed by atoms with Crippen LogP contribution < -0.4 is 0 Å². The number of hydrogen-bond donors (Lipinski definition) is 0. The molecular weight excluding hydrogens is 156 g/mol. The second-order valence-corrected chi connectivity index (χ2v) is 3.41. The Morgan fingerprint density at radius 1 is 1.54 bits per heavy atom. The highest BCUT2D eigenvalue weighted by Gasteiger charge is 1.99. The molecule has 0 bridgehead atoms. The third-order valence-corrected chi connectivity index (χ3v) is 2.45. The van der Waals surface area contributed by atoms with Gasteiger partial charge < -0.3 is 0 Å². The minimum atomic E-state index is 0.645. The SMILES string of the molecule is C=CC(CC)CC=C1C=CC=CC1. The van der Waals surface area contributed by atoms with Gasteiger partial charge in [0.25, 0.3) is 0 Å². The summed E-state index contributed by atoms with van der Waals surface area (Å²) in [5.74, 6) is 0.645. The first-order valence-corrected chi connectivity index (χ1v) is 5.01. The zero-order valence-corrected chi connectivity index (χ0v) is 8.37. The highest BCUT2D eigenvalue weighted by atomic mass is 14.0. The van der Waals surface area contributed by atoms with Crippen molar-refractivity contribution in [2.45, 2.75) is 26.2 Å². The second kappa shape index (κ2) is 5.58. The Labute approximate surface area is 81.4 Å². The fraction of sp³-hybridized carbons (Fsp3) is 0.385. The van der Waals surface area contributed by atoms with Crippen LogP contribution in [-0.4, -0.2) is 0 Å². The van der Waals surface area contributed by atoms with Crippen LogP contribution in [0.5, 0.6) is 0 Å². The molecule has 13 heavy (non-hydrogen) atoms. The van der Waals surface area contributed by atoms with Crippen molar-refractivity contribution in [1.29, 1.82) is 0 Å². The lowest BCUT2D eigenvalue weighted by atomic mass is 9.99. The van der Waals surface area contributed by atoms with E-state index in [1.165, 1.54) is 12.0 Å². The minimum absolute atomic E-state index is 0.645. The smallest absolute Gasteiger partial charge is 0.00975 e. The predicted octanol–water partition coefficient (Wildman–Crippen LogP) is 4.03. The van der Waals surface area contributed by atoms with E-state index in [4.69, 9.17) is 0 Å². The molecule has 0 N–H and O–H groups in total. The van der Waals surface area contributed by atoms with Gasteiger partial charge in [0.15, 0.2) is 0 Å². The van der Waals surface area contributed by atoms with E-state index in [1.54, 1.807) is 0 Å².